The molecule has 15 heavy (non-hydrogen) atoms. The zero-order valence-corrected chi connectivity index (χ0v) is 9.27. The molecule has 0 heterocycles. The van der Waals surface area contributed by atoms with E-state index in [2.05, 4.69) is 21.2 Å². The lowest BCUT2D eigenvalue weighted by Crippen LogP contribution is -2.15. The normalized spacial score (nSPS) is 15.1. The lowest BCUT2D eigenvalue weighted by molar-refractivity contribution is -0.117. The molecule has 0 unspecified atom stereocenters. The van der Waals surface area contributed by atoms with Crippen LogP contribution in [0.5, 0.6) is 0 Å². The van der Waals surface area contributed by atoms with Crippen molar-refractivity contribution < 1.29 is 13.6 Å². The molecule has 0 spiro atoms. The third kappa shape index (κ3) is 2.34. The van der Waals surface area contributed by atoms with Crippen molar-refractivity contribution in [1.82, 2.24) is 0 Å². The summed E-state index contributed by atoms with van der Waals surface area (Å²) in [6.07, 6.45) is 1.68. The highest BCUT2D eigenvalue weighted by molar-refractivity contribution is 9.10. The number of rotatable bonds is 2. The van der Waals surface area contributed by atoms with Gasteiger partial charge in [-0.15, -0.1) is 0 Å². The van der Waals surface area contributed by atoms with Gasteiger partial charge >= 0.3 is 0 Å². The van der Waals surface area contributed by atoms with E-state index < -0.39 is 11.6 Å². The first-order chi connectivity index (χ1) is 7.08. The van der Waals surface area contributed by atoms with E-state index in [9.17, 15) is 13.6 Å². The fraction of sp³-hybridized carbons (Fsp3) is 0.300. The van der Waals surface area contributed by atoms with E-state index in [0.717, 1.165) is 25.0 Å². The fourth-order valence-electron chi connectivity index (χ4n) is 1.23. The number of amides is 1. The summed E-state index contributed by atoms with van der Waals surface area (Å²) in [6.45, 7) is 0. The van der Waals surface area contributed by atoms with Crippen LogP contribution in [-0.2, 0) is 4.79 Å². The maximum absolute atomic E-state index is 13.3. The van der Waals surface area contributed by atoms with Gasteiger partial charge in [0.15, 0.2) is 5.82 Å². The van der Waals surface area contributed by atoms with Gasteiger partial charge in [0.1, 0.15) is 5.82 Å². The Morgan fingerprint density at radius 1 is 1.40 bits per heavy atom. The van der Waals surface area contributed by atoms with E-state index in [1.807, 2.05) is 0 Å². The third-order valence-corrected chi connectivity index (χ3v) is 2.83. The predicted octanol–water partition coefficient (Wildman–Crippen LogP) is 3.08. The summed E-state index contributed by atoms with van der Waals surface area (Å²) in [5.74, 6) is -1.66. The standard InChI is InChI=1S/C10H8BrF2NO/c11-7-3-6(12)4-8(13)9(7)14-10(15)5-1-2-5/h3-5H,1-2H2,(H,14,15). The van der Waals surface area contributed by atoms with Gasteiger partial charge in [-0.3, -0.25) is 4.79 Å². The molecule has 1 aromatic carbocycles. The molecule has 80 valence electrons. The van der Waals surface area contributed by atoms with Crippen LogP contribution in [-0.4, -0.2) is 5.91 Å². The highest BCUT2D eigenvalue weighted by atomic mass is 79.9. The van der Waals surface area contributed by atoms with Gasteiger partial charge in [-0.05, 0) is 34.8 Å². The van der Waals surface area contributed by atoms with Crippen molar-refractivity contribution in [3.05, 3.63) is 28.2 Å². The molecule has 0 bridgehead atoms. The van der Waals surface area contributed by atoms with Crippen LogP contribution in [0, 0.1) is 17.6 Å². The Morgan fingerprint density at radius 3 is 2.60 bits per heavy atom. The molecule has 2 nitrogen and oxygen atoms in total. The molecule has 0 saturated heterocycles. The van der Waals surface area contributed by atoms with Gasteiger partial charge in [0.05, 0.1) is 5.69 Å². The molecule has 1 aliphatic carbocycles. The monoisotopic (exact) mass is 275 g/mol. The maximum Gasteiger partial charge on any atom is 0.227 e. The second-order valence-corrected chi connectivity index (χ2v) is 4.36. The van der Waals surface area contributed by atoms with E-state index in [1.54, 1.807) is 0 Å². The molecule has 0 aliphatic heterocycles. The first-order valence-electron chi connectivity index (χ1n) is 4.53. The summed E-state index contributed by atoms with van der Waals surface area (Å²) in [5, 5.41) is 2.44. The van der Waals surface area contributed by atoms with Crippen LogP contribution in [0.2, 0.25) is 0 Å². The summed E-state index contributed by atoms with van der Waals surface area (Å²) in [4.78, 5) is 11.4. The van der Waals surface area contributed by atoms with Crippen LogP contribution in [0.25, 0.3) is 0 Å². The SMILES string of the molecule is O=C(Nc1c(F)cc(F)cc1Br)C1CC1. The Bertz CT molecular complexity index is 395. The molecule has 1 aromatic rings. The van der Waals surface area contributed by atoms with Crippen LogP contribution in [0.15, 0.2) is 16.6 Å². The summed E-state index contributed by atoms with van der Waals surface area (Å²) in [6, 6.07) is 1.86. The van der Waals surface area contributed by atoms with Crippen molar-refractivity contribution in [2.75, 3.05) is 5.32 Å². The van der Waals surface area contributed by atoms with Gasteiger partial charge in [0, 0.05) is 16.5 Å². The molecule has 0 aromatic heterocycles. The van der Waals surface area contributed by atoms with Gasteiger partial charge in [-0.1, -0.05) is 0 Å². The Kier molecular flexibility index (Phi) is 2.73. The number of benzene rings is 1. The number of carbonyl (C=O) groups is 1. The number of hydrogen-bond donors (Lipinski definition) is 1. The molecule has 1 saturated carbocycles. The molecule has 2 rings (SSSR count). The van der Waals surface area contributed by atoms with E-state index in [4.69, 9.17) is 0 Å². The molecule has 1 aliphatic rings. The van der Waals surface area contributed by atoms with Gasteiger partial charge < -0.3 is 5.32 Å². The molecular formula is C10H8BrF2NO. The van der Waals surface area contributed by atoms with E-state index in [0.29, 0.717) is 0 Å². The van der Waals surface area contributed by atoms with Gasteiger partial charge in [-0.25, -0.2) is 8.78 Å². The van der Waals surface area contributed by atoms with Crippen molar-refractivity contribution in [3.8, 4) is 0 Å². The zero-order chi connectivity index (χ0) is 11.0. The summed E-state index contributed by atoms with van der Waals surface area (Å²) in [7, 11) is 0. The molecule has 0 atom stereocenters. The summed E-state index contributed by atoms with van der Waals surface area (Å²) < 4.78 is 26.2. The average molecular weight is 276 g/mol. The molecule has 1 fully saturated rings. The Labute approximate surface area is 93.8 Å². The molecule has 1 amide bonds. The second kappa shape index (κ2) is 3.89. The van der Waals surface area contributed by atoms with Gasteiger partial charge in [-0.2, -0.15) is 0 Å². The van der Waals surface area contributed by atoms with Crippen molar-refractivity contribution in [2.45, 2.75) is 12.8 Å². The first-order valence-corrected chi connectivity index (χ1v) is 5.32. The largest absolute Gasteiger partial charge is 0.322 e. The minimum atomic E-state index is -0.768. The van der Waals surface area contributed by atoms with Crippen molar-refractivity contribution >= 4 is 27.5 Å². The van der Waals surface area contributed by atoms with E-state index in [-0.39, 0.29) is 22.0 Å². The molecule has 1 N–H and O–H groups in total. The highest BCUT2D eigenvalue weighted by Gasteiger charge is 2.30. The quantitative estimate of drug-likeness (QED) is 0.883. The topological polar surface area (TPSA) is 29.1 Å². The van der Waals surface area contributed by atoms with E-state index in [1.165, 1.54) is 0 Å². The average Bonchev–Trinajstić information content (AvgIpc) is 2.93. The van der Waals surface area contributed by atoms with Crippen LogP contribution in [0.3, 0.4) is 0 Å². The Morgan fingerprint density at radius 2 is 2.07 bits per heavy atom. The number of nitrogens with one attached hydrogen (secondary N) is 1. The van der Waals surface area contributed by atoms with Crippen LogP contribution >= 0.6 is 15.9 Å². The lowest BCUT2D eigenvalue weighted by atomic mass is 10.2. The van der Waals surface area contributed by atoms with Crippen LogP contribution in [0.4, 0.5) is 14.5 Å². The predicted molar refractivity (Wildman–Crippen MR) is 55.4 cm³/mol. The number of halogens is 3. The smallest absolute Gasteiger partial charge is 0.227 e. The first kappa shape index (κ1) is 10.5. The second-order valence-electron chi connectivity index (χ2n) is 3.51. The Hall–Kier alpha value is -0.970. The summed E-state index contributed by atoms with van der Waals surface area (Å²) in [5.41, 5.74) is 0.00769. The third-order valence-electron chi connectivity index (χ3n) is 2.20. The van der Waals surface area contributed by atoms with E-state index >= 15 is 0 Å². The Balaban J connectivity index is 2.23. The lowest BCUT2D eigenvalue weighted by Gasteiger charge is -2.07. The molecular weight excluding hydrogens is 268 g/mol. The van der Waals surface area contributed by atoms with Crippen molar-refractivity contribution in [2.24, 2.45) is 5.92 Å². The minimum absolute atomic E-state index is 0.00769. The summed E-state index contributed by atoms with van der Waals surface area (Å²) >= 11 is 3.00. The number of carbonyl (C=O) groups excluding carboxylic acids is 1. The highest BCUT2D eigenvalue weighted by Crippen LogP contribution is 2.32. The molecule has 0 radical (unpaired) electrons. The van der Waals surface area contributed by atoms with Crippen molar-refractivity contribution in [3.63, 3.8) is 0 Å². The van der Waals surface area contributed by atoms with Gasteiger partial charge in [0.2, 0.25) is 5.91 Å². The fourth-order valence-corrected chi connectivity index (χ4v) is 1.74. The van der Waals surface area contributed by atoms with Gasteiger partial charge in [0.25, 0.3) is 0 Å². The number of anilines is 1. The minimum Gasteiger partial charge on any atom is -0.322 e. The zero-order valence-electron chi connectivity index (χ0n) is 7.69. The molecule has 5 heteroatoms. The van der Waals surface area contributed by atoms with Crippen molar-refractivity contribution in [1.29, 1.82) is 0 Å². The van der Waals surface area contributed by atoms with Crippen LogP contribution in [0.1, 0.15) is 12.8 Å². The maximum atomic E-state index is 13.3. The van der Waals surface area contributed by atoms with Crippen LogP contribution < -0.4 is 5.32 Å². The number of hydrogen-bond acceptors (Lipinski definition) is 1.